The predicted octanol–water partition coefficient (Wildman–Crippen LogP) is 1.96. The topological polar surface area (TPSA) is 249 Å². The molecule has 318 valence electrons. The minimum absolute atomic E-state index is 0.00200. The first-order chi connectivity index (χ1) is 28.9. The second kappa shape index (κ2) is 21.5. The highest BCUT2D eigenvalue weighted by atomic mass is 16.5. The van der Waals surface area contributed by atoms with Gasteiger partial charge in [0.2, 0.25) is 35.3 Å². The molecule has 1 aliphatic heterocycles. The van der Waals surface area contributed by atoms with E-state index in [1.54, 1.807) is 49.4 Å². The Morgan fingerprint density at radius 1 is 0.783 bits per heavy atom. The van der Waals surface area contributed by atoms with E-state index in [2.05, 4.69) is 21.3 Å². The van der Waals surface area contributed by atoms with Crippen molar-refractivity contribution in [1.82, 2.24) is 26.2 Å². The number of rotatable bonds is 19. The van der Waals surface area contributed by atoms with Gasteiger partial charge in [0.05, 0.1) is 36.4 Å². The number of hydrogen-bond donors (Lipinski definition) is 6. The van der Waals surface area contributed by atoms with Gasteiger partial charge < -0.3 is 42.4 Å². The number of Topliss-reactive ketones (excluding diaryl/α,β-unsaturated/α-hetero) is 1. The number of carbonyl (C=O) groups is 8. The van der Waals surface area contributed by atoms with Crippen LogP contribution >= 0.6 is 0 Å². The minimum Gasteiger partial charge on any atom is -0.372 e. The van der Waals surface area contributed by atoms with E-state index in [1.807, 2.05) is 30.3 Å². The van der Waals surface area contributed by atoms with Gasteiger partial charge in [0.15, 0.2) is 0 Å². The van der Waals surface area contributed by atoms with Crippen LogP contribution in [0.15, 0.2) is 84.9 Å². The van der Waals surface area contributed by atoms with Crippen molar-refractivity contribution in [2.45, 2.75) is 95.2 Å². The maximum absolute atomic E-state index is 14.8. The second-order valence-electron chi connectivity index (χ2n) is 15.1. The molecule has 2 fully saturated rings. The zero-order valence-electron chi connectivity index (χ0n) is 33.6. The number of hydrogen-bond acceptors (Lipinski definition) is 9. The van der Waals surface area contributed by atoms with Crippen molar-refractivity contribution in [2.75, 3.05) is 13.1 Å². The molecule has 5 atom stereocenters. The normalized spacial score (nSPS) is 18.0. The van der Waals surface area contributed by atoms with Crippen LogP contribution in [-0.4, -0.2) is 89.4 Å². The molecule has 0 bridgehead atoms. The summed E-state index contributed by atoms with van der Waals surface area (Å²) in [6, 6.07) is 19.0. The lowest BCUT2D eigenvalue weighted by Gasteiger charge is -2.35. The molecule has 16 nitrogen and oxygen atoms in total. The zero-order chi connectivity index (χ0) is 43.2. The van der Waals surface area contributed by atoms with E-state index < -0.39 is 83.9 Å². The van der Waals surface area contributed by atoms with Crippen LogP contribution in [0, 0.1) is 5.92 Å². The van der Waals surface area contributed by atoms with Gasteiger partial charge in [-0.15, -0.1) is 0 Å². The van der Waals surface area contributed by atoms with Gasteiger partial charge in [-0.1, -0.05) is 105 Å². The summed E-state index contributed by atoms with van der Waals surface area (Å²) in [5.41, 5.74) is 12.4. The Morgan fingerprint density at radius 2 is 1.42 bits per heavy atom. The number of primary amides is 2. The van der Waals surface area contributed by atoms with Crippen LogP contribution in [-0.2, 0) is 40.1 Å². The fourth-order valence-corrected chi connectivity index (χ4v) is 7.75. The first-order valence-corrected chi connectivity index (χ1v) is 20.3. The van der Waals surface area contributed by atoms with Gasteiger partial charge in [0.1, 0.15) is 18.1 Å². The van der Waals surface area contributed by atoms with Gasteiger partial charge in [-0.2, -0.15) is 0 Å². The monoisotopic (exact) mass is 823 g/mol. The van der Waals surface area contributed by atoms with Gasteiger partial charge in [0, 0.05) is 13.0 Å². The molecule has 1 saturated heterocycles. The zero-order valence-corrected chi connectivity index (χ0v) is 33.6. The molecule has 1 saturated carbocycles. The van der Waals surface area contributed by atoms with E-state index in [-0.39, 0.29) is 43.0 Å². The number of amides is 7. The second-order valence-corrected chi connectivity index (χ2v) is 15.1. The molecule has 7 amide bonds. The van der Waals surface area contributed by atoms with Crippen LogP contribution in [0.2, 0.25) is 0 Å². The van der Waals surface area contributed by atoms with Gasteiger partial charge >= 0.3 is 0 Å². The average Bonchev–Trinajstić information content (AvgIpc) is 3.70. The quantitative estimate of drug-likeness (QED) is 0.0966. The van der Waals surface area contributed by atoms with E-state index in [1.165, 1.54) is 17.0 Å². The maximum atomic E-state index is 14.8. The van der Waals surface area contributed by atoms with Crippen molar-refractivity contribution in [3.8, 4) is 0 Å². The molecule has 1 heterocycles. The molecule has 16 heteroatoms. The Morgan fingerprint density at radius 3 is 2.05 bits per heavy atom. The molecule has 3 unspecified atom stereocenters. The van der Waals surface area contributed by atoms with Crippen molar-refractivity contribution >= 4 is 47.1 Å². The molecular formula is C44H53N7O9. The van der Waals surface area contributed by atoms with Crippen molar-refractivity contribution < 1.29 is 43.1 Å². The summed E-state index contributed by atoms with van der Waals surface area (Å²) in [4.78, 5) is 108. The van der Waals surface area contributed by atoms with Crippen molar-refractivity contribution in [3.05, 3.63) is 107 Å². The van der Waals surface area contributed by atoms with Gasteiger partial charge in [-0.05, 0) is 48.4 Å². The molecule has 1 aliphatic carbocycles. The largest absolute Gasteiger partial charge is 0.372 e. The smallest absolute Gasteiger partial charge is 0.290 e. The molecule has 0 radical (unpaired) electrons. The van der Waals surface area contributed by atoms with Crippen LogP contribution in [0.5, 0.6) is 0 Å². The fourth-order valence-electron chi connectivity index (χ4n) is 7.75. The number of ether oxygens (including phenoxy) is 1. The lowest BCUT2D eigenvalue weighted by Crippen LogP contribution is -2.58. The van der Waals surface area contributed by atoms with E-state index in [9.17, 15) is 38.4 Å². The van der Waals surface area contributed by atoms with E-state index in [0.717, 1.165) is 24.8 Å². The summed E-state index contributed by atoms with van der Waals surface area (Å²) in [6.07, 6.45) is 3.82. The van der Waals surface area contributed by atoms with Crippen LogP contribution in [0.25, 0.3) is 0 Å². The van der Waals surface area contributed by atoms with Crippen molar-refractivity contribution in [2.24, 2.45) is 17.4 Å². The van der Waals surface area contributed by atoms with Gasteiger partial charge in [-0.3, -0.25) is 38.4 Å². The third-order valence-corrected chi connectivity index (χ3v) is 10.9. The summed E-state index contributed by atoms with van der Waals surface area (Å²) in [5.74, 6) is -6.72. The van der Waals surface area contributed by atoms with Gasteiger partial charge in [-0.25, -0.2) is 0 Å². The molecule has 5 rings (SSSR count). The number of benzene rings is 3. The Kier molecular flexibility index (Phi) is 16.0. The molecular weight excluding hydrogens is 771 g/mol. The standard InChI is InChI=1S/C44H53N7O9/c1-2-14-33(38(53)43(58)47-24-35(52)49-36(40(46)55)28-17-8-4-9-18-28)48-42(57)34-23-30(60-26-27-15-6-3-7-16-27)25-51(34)44(59)37(29-19-10-5-11-20-29)50-41(56)32-22-13-12-21-31(32)39(45)54/h3-4,6-9,12-13,15-18,21-22,29-30,33-34,36-37H,2,5,10-11,14,19-20,23-26H2,1H3,(H2,45,54)(H2,46,55)(H,47,58)(H,48,57)(H,49,52)(H,50,56)/t30-,33?,34+,36?,37?/m1/s1. The molecule has 3 aromatic carbocycles. The third kappa shape index (κ3) is 11.8. The molecule has 60 heavy (non-hydrogen) atoms. The Balaban J connectivity index is 1.33. The summed E-state index contributed by atoms with van der Waals surface area (Å²) in [6.45, 7) is 1.30. The first kappa shape index (κ1) is 44.7. The Bertz CT molecular complexity index is 2020. The summed E-state index contributed by atoms with van der Waals surface area (Å²) in [7, 11) is 0. The number of nitrogens with zero attached hydrogens (tertiary/aromatic N) is 1. The highest BCUT2D eigenvalue weighted by molar-refractivity contribution is 6.38. The van der Waals surface area contributed by atoms with E-state index >= 15 is 0 Å². The lowest BCUT2D eigenvalue weighted by atomic mass is 9.83. The number of carbonyl (C=O) groups excluding carboxylic acids is 8. The van der Waals surface area contributed by atoms with Gasteiger partial charge in [0.25, 0.3) is 11.8 Å². The van der Waals surface area contributed by atoms with Crippen molar-refractivity contribution in [1.29, 1.82) is 0 Å². The molecule has 2 aliphatic rings. The molecule has 8 N–H and O–H groups in total. The summed E-state index contributed by atoms with van der Waals surface area (Å²) >= 11 is 0. The summed E-state index contributed by atoms with van der Waals surface area (Å²) < 4.78 is 6.22. The fraction of sp³-hybridized carbons (Fsp3) is 0.409. The average molecular weight is 824 g/mol. The molecule has 3 aromatic rings. The third-order valence-electron chi connectivity index (χ3n) is 10.9. The van der Waals surface area contributed by atoms with E-state index in [4.69, 9.17) is 16.2 Å². The van der Waals surface area contributed by atoms with Crippen LogP contribution in [0.1, 0.15) is 96.2 Å². The summed E-state index contributed by atoms with van der Waals surface area (Å²) in [5, 5.41) is 10.3. The minimum atomic E-state index is -1.31. The lowest BCUT2D eigenvalue weighted by molar-refractivity contribution is -0.143. The number of ketones is 1. The Hall–Kier alpha value is -6.42. The Labute approximate surface area is 348 Å². The molecule has 0 spiro atoms. The number of likely N-dealkylation sites (tertiary alicyclic amines) is 1. The SMILES string of the molecule is CCCC(NC(=O)[C@@H]1C[C@@H](OCc2ccccc2)CN1C(=O)C(NC(=O)c1ccccc1C(N)=O)C1CCCCC1)C(=O)C(=O)NCC(=O)NC(C(N)=O)c1ccccc1. The first-order valence-electron chi connectivity index (χ1n) is 20.3. The van der Waals surface area contributed by atoms with Crippen LogP contribution in [0.4, 0.5) is 0 Å². The van der Waals surface area contributed by atoms with E-state index in [0.29, 0.717) is 24.8 Å². The van der Waals surface area contributed by atoms with Crippen LogP contribution in [0.3, 0.4) is 0 Å². The highest BCUT2D eigenvalue weighted by Gasteiger charge is 2.45. The predicted molar refractivity (Wildman–Crippen MR) is 219 cm³/mol. The molecule has 0 aromatic heterocycles. The van der Waals surface area contributed by atoms with Crippen LogP contribution < -0.4 is 32.7 Å². The maximum Gasteiger partial charge on any atom is 0.290 e. The van der Waals surface area contributed by atoms with Crippen molar-refractivity contribution in [3.63, 3.8) is 0 Å². The number of nitrogens with two attached hydrogens (primary N) is 2. The highest BCUT2D eigenvalue weighted by Crippen LogP contribution is 2.31. The number of nitrogens with one attached hydrogen (secondary N) is 4.